The van der Waals surface area contributed by atoms with Crippen molar-refractivity contribution < 1.29 is 8.78 Å². The molecule has 1 aromatic heterocycles. The first-order chi connectivity index (χ1) is 10.0. The van der Waals surface area contributed by atoms with Crippen LogP contribution in [-0.2, 0) is 0 Å². The molecule has 21 heavy (non-hydrogen) atoms. The van der Waals surface area contributed by atoms with E-state index in [2.05, 4.69) is 21.0 Å². The summed E-state index contributed by atoms with van der Waals surface area (Å²) >= 11 is 3.38. The van der Waals surface area contributed by atoms with Crippen LogP contribution in [0.25, 0.3) is 16.9 Å². The van der Waals surface area contributed by atoms with Gasteiger partial charge in [-0.05, 0) is 24.3 Å². The summed E-state index contributed by atoms with van der Waals surface area (Å²) < 4.78 is 29.0. The number of nitrogen functional groups attached to an aromatic ring is 1. The molecule has 6 heteroatoms. The van der Waals surface area contributed by atoms with E-state index < -0.39 is 11.6 Å². The number of halogens is 3. The molecule has 106 valence electrons. The van der Waals surface area contributed by atoms with Gasteiger partial charge in [0.25, 0.3) is 0 Å². The van der Waals surface area contributed by atoms with E-state index in [0.29, 0.717) is 5.69 Å². The molecule has 0 spiro atoms. The van der Waals surface area contributed by atoms with Crippen LogP contribution in [0.15, 0.2) is 53.0 Å². The molecule has 0 unspecified atom stereocenters. The van der Waals surface area contributed by atoms with Gasteiger partial charge < -0.3 is 5.73 Å². The molecule has 2 N–H and O–H groups in total. The third-order valence-corrected chi connectivity index (χ3v) is 3.49. The van der Waals surface area contributed by atoms with Gasteiger partial charge in [0.2, 0.25) is 0 Å². The maximum absolute atomic E-state index is 13.8. The first kappa shape index (κ1) is 13.8. The molecular weight excluding hydrogens is 340 g/mol. The van der Waals surface area contributed by atoms with E-state index in [1.54, 1.807) is 6.07 Å². The quantitative estimate of drug-likeness (QED) is 0.754. The molecule has 0 bridgehead atoms. The molecule has 0 radical (unpaired) electrons. The molecule has 3 rings (SSSR count). The monoisotopic (exact) mass is 349 g/mol. The highest BCUT2D eigenvalue weighted by atomic mass is 79.9. The Morgan fingerprint density at radius 2 is 1.86 bits per heavy atom. The van der Waals surface area contributed by atoms with Crippen LogP contribution in [0.5, 0.6) is 0 Å². The van der Waals surface area contributed by atoms with Gasteiger partial charge in [0.05, 0.1) is 5.69 Å². The van der Waals surface area contributed by atoms with E-state index in [1.807, 2.05) is 24.3 Å². The van der Waals surface area contributed by atoms with Crippen LogP contribution in [0.2, 0.25) is 0 Å². The van der Waals surface area contributed by atoms with Crippen molar-refractivity contribution in [1.29, 1.82) is 0 Å². The molecule has 0 saturated heterocycles. The van der Waals surface area contributed by atoms with Crippen LogP contribution in [0.1, 0.15) is 0 Å². The van der Waals surface area contributed by atoms with E-state index in [-0.39, 0.29) is 11.5 Å². The number of hydrogen-bond donors (Lipinski definition) is 1. The van der Waals surface area contributed by atoms with Crippen LogP contribution in [-0.4, -0.2) is 9.78 Å². The summed E-state index contributed by atoms with van der Waals surface area (Å²) in [7, 11) is 0. The highest BCUT2D eigenvalue weighted by Crippen LogP contribution is 2.26. The minimum atomic E-state index is -0.717. The lowest BCUT2D eigenvalue weighted by Crippen LogP contribution is -2.04. The van der Waals surface area contributed by atoms with Gasteiger partial charge in [-0.1, -0.05) is 28.1 Å². The minimum absolute atomic E-state index is 0.107. The van der Waals surface area contributed by atoms with Crippen molar-refractivity contribution in [3.63, 3.8) is 0 Å². The SMILES string of the molecule is Nc1cc(-c2cccc(Br)c2)nn1-c1ccc(F)cc1F. The Kier molecular flexibility index (Phi) is 3.47. The molecule has 0 aliphatic carbocycles. The lowest BCUT2D eigenvalue weighted by Gasteiger charge is -2.05. The molecule has 3 nitrogen and oxygen atoms in total. The van der Waals surface area contributed by atoms with Crippen LogP contribution in [0.3, 0.4) is 0 Å². The zero-order valence-corrected chi connectivity index (χ0v) is 12.3. The fourth-order valence-electron chi connectivity index (χ4n) is 2.03. The third-order valence-electron chi connectivity index (χ3n) is 3.00. The number of nitrogens with two attached hydrogens (primary N) is 1. The van der Waals surface area contributed by atoms with Crippen molar-refractivity contribution in [2.45, 2.75) is 0 Å². The average Bonchev–Trinajstić information content (AvgIpc) is 2.81. The molecular formula is C15H10BrF2N3. The smallest absolute Gasteiger partial charge is 0.151 e. The maximum atomic E-state index is 13.8. The summed E-state index contributed by atoms with van der Waals surface area (Å²) in [4.78, 5) is 0. The second kappa shape index (κ2) is 5.29. The van der Waals surface area contributed by atoms with Gasteiger partial charge in [0, 0.05) is 22.2 Å². The summed E-state index contributed by atoms with van der Waals surface area (Å²) in [6.45, 7) is 0. The topological polar surface area (TPSA) is 43.8 Å². The number of nitrogens with zero attached hydrogens (tertiary/aromatic N) is 2. The second-order valence-corrected chi connectivity index (χ2v) is 5.39. The van der Waals surface area contributed by atoms with E-state index in [0.717, 1.165) is 22.2 Å². The zero-order valence-electron chi connectivity index (χ0n) is 10.7. The van der Waals surface area contributed by atoms with E-state index in [1.165, 1.54) is 10.7 Å². The number of benzene rings is 2. The predicted octanol–water partition coefficient (Wildman–Crippen LogP) is 4.16. The van der Waals surface area contributed by atoms with E-state index in [9.17, 15) is 8.78 Å². The first-order valence-electron chi connectivity index (χ1n) is 6.11. The van der Waals surface area contributed by atoms with Gasteiger partial charge in [0.1, 0.15) is 17.3 Å². The van der Waals surface area contributed by atoms with Crippen molar-refractivity contribution in [3.8, 4) is 16.9 Å². The predicted molar refractivity (Wildman–Crippen MR) is 81.0 cm³/mol. The Balaban J connectivity index is 2.10. The number of hydrogen-bond acceptors (Lipinski definition) is 2. The van der Waals surface area contributed by atoms with Crippen LogP contribution < -0.4 is 5.73 Å². The molecule has 0 aliphatic heterocycles. The van der Waals surface area contributed by atoms with E-state index in [4.69, 9.17) is 5.73 Å². The summed E-state index contributed by atoms with van der Waals surface area (Å²) in [5.41, 5.74) is 7.44. The van der Waals surface area contributed by atoms with Crippen molar-refractivity contribution >= 4 is 21.7 Å². The number of rotatable bonds is 2. The fourth-order valence-corrected chi connectivity index (χ4v) is 2.43. The Labute approximate surface area is 128 Å². The molecule has 0 fully saturated rings. The van der Waals surface area contributed by atoms with E-state index >= 15 is 0 Å². The lowest BCUT2D eigenvalue weighted by molar-refractivity contribution is 0.574. The Bertz CT molecular complexity index is 814. The van der Waals surface area contributed by atoms with Crippen molar-refractivity contribution in [2.75, 3.05) is 5.73 Å². The average molecular weight is 350 g/mol. The largest absolute Gasteiger partial charge is 0.384 e. The van der Waals surface area contributed by atoms with Gasteiger partial charge in [0.15, 0.2) is 5.82 Å². The minimum Gasteiger partial charge on any atom is -0.384 e. The van der Waals surface area contributed by atoms with Crippen LogP contribution >= 0.6 is 15.9 Å². The van der Waals surface area contributed by atoms with Crippen molar-refractivity contribution in [1.82, 2.24) is 9.78 Å². The van der Waals surface area contributed by atoms with Crippen LogP contribution in [0, 0.1) is 11.6 Å². The van der Waals surface area contributed by atoms with Gasteiger partial charge in [-0.2, -0.15) is 5.10 Å². The summed E-state index contributed by atoms with van der Waals surface area (Å²) in [6, 6.07) is 12.4. The highest BCUT2D eigenvalue weighted by molar-refractivity contribution is 9.10. The van der Waals surface area contributed by atoms with Crippen molar-refractivity contribution in [3.05, 3.63) is 64.6 Å². The van der Waals surface area contributed by atoms with Crippen LogP contribution in [0.4, 0.5) is 14.6 Å². The highest BCUT2D eigenvalue weighted by Gasteiger charge is 2.13. The van der Waals surface area contributed by atoms with Gasteiger partial charge in [-0.25, -0.2) is 13.5 Å². The normalized spacial score (nSPS) is 10.8. The summed E-state index contributed by atoms with van der Waals surface area (Å²) in [5, 5.41) is 4.29. The zero-order chi connectivity index (χ0) is 15.0. The second-order valence-electron chi connectivity index (χ2n) is 4.47. The Morgan fingerprint density at radius 3 is 2.57 bits per heavy atom. The lowest BCUT2D eigenvalue weighted by atomic mass is 10.2. The Hall–Kier alpha value is -2.21. The van der Waals surface area contributed by atoms with Gasteiger partial charge in [-0.3, -0.25) is 0 Å². The number of aromatic nitrogens is 2. The molecule has 0 amide bonds. The third kappa shape index (κ3) is 2.67. The molecule has 0 aliphatic rings. The molecule has 3 aromatic rings. The number of anilines is 1. The molecule has 2 aromatic carbocycles. The van der Waals surface area contributed by atoms with Gasteiger partial charge >= 0.3 is 0 Å². The van der Waals surface area contributed by atoms with Gasteiger partial charge in [-0.15, -0.1) is 0 Å². The molecule has 1 heterocycles. The summed E-state index contributed by atoms with van der Waals surface area (Å²) in [5.74, 6) is -1.09. The fraction of sp³-hybridized carbons (Fsp3) is 0. The standard InChI is InChI=1S/C15H10BrF2N3/c16-10-3-1-2-9(6-10)13-8-15(19)21(20-13)14-5-4-11(17)7-12(14)18/h1-8H,19H2. The van der Waals surface area contributed by atoms with Crippen molar-refractivity contribution in [2.24, 2.45) is 0 Å². The first-order valence-corrected chi connectivity index (χ1v) is 6.91. The molecule has 0 saturated carbocycles. The Morgan fingerprint density at radius 1 is 1.05 bits per heavy atom. The molecule has 0 atom stereocenters. The maximum Gasteiger partial charge on any atom is 0.151 e. The summed E-state index contributed by atoms with van der Waals surface area (Å²) in [6.07, 6.45) is 0.